The highest BCUT2D eigenvalue weighted by atomic mass is 35.5. The first kappa shape index (κ1) is 29.0. The summed E-state index contributed by atoms with van der Waals surface area (Å²) in [6.07, 6.45) is -11.5. The topological polar surface area (TPSA) is 255 Å². The van der Waals surface area contributed by atoms with Gasteiger partial charge in [-0.3, -0.25) is 0 Å². The van der Waals surface area contributed by atoms with Crippen molar-refractivity contribution in [1.29, 1.82) is 0 Å². The maximum atomic E-state index is 9.94. The van der Waals surface area contributed by atoms with E-state index in [4.69, 9.17) is 19.7 Å². The fourth-order valence-corrected chi connectivity index (χ4v) is 2.86. The van der Waals surface area contributed by atoms with E-state index in [2.05, 4.69) is 5.32 Å². The molecule has 0 radical (unpaired) electrons. The molecule has 0 spiro atoms. The van der Waals surface area contributed by atoms with Gasteiger partial charge in [-0.1, -0.05) is 0 Å². The van der Waals surface area contributed by atoms with Crippen LogP contribution in [0.15, 0.2) is 0 Å². The summed E-state index contributed by atoms with van der Waals surface area (Å²) in [6, 6.07) is -1.78. The van der Waals surface area contributed by atoms with Crippen molar-refractivity contribution in [2.75, 3.05) is 19.8 Å². The van der Waals surface area contributed by atoms with Gasteiger partial charge in [-0.05, 0) is 0 Å². The van der Waals surface area contributed by atoms with Crippen molar-refractivity contribution in [1.82, 2.24) is 5.32 Å². The molecule has 13 N–H and O–H groups in total. The smallest absolute Gasteiger partial charge is 0.186 e. The first-order valence-corrected chi connectivity index (χ1v) is 7.65. The summed E-state index contributed by atoms with van der Waals surface area (Å²) < 4.78 is 10.4. The van der Waals surface area contributed by atoms with Crippen molar-refractivity contribution in [3.05, 3.63) is 0 Å². The molecule has 0 aromatic heterocycles. The lowest BCUT2D eigenvalue weighted by molar-refractivity contribution is -0.304. The molecule has 2 saturated heterocycles. The molecule has 166 valence electrons. The third-order valence-corrected chi connectivity index (χ3v) is 4.44. The van der Waals surface area contributed by atoms with Gasteiger partial charge in [-0.15, -0.1) is 12.4 Å². The lowest BCUT2D eigenvalue weighted by Gasteiger charge is -2.43. The molecule has 2 heterocycles. The Morgan fingerprint density at radius 1 is 0.704 bits per heavy atom. The van der Waals surface area contributed by atoms with Gasteiger partial charge in [-0.25, -0.2) is 0 Å². The lowest BCUT2D eigenvalue weighted by atomic mass is 9.91. The Morgan fingerprint density at radius 2 is 1.22 bits per heavy atom. The second-order valence-corrected chi connectivity index (χ2v) is 6.06. The number of halogens is 1. The zero-order chi connectivity index (χ0) is 18.0. The van der Waals surface area contributed by atoms with Gasteiger partial charge >= 0.3 is 0 Å². The highest BCUT2D eigenvalue weighted by molar-refractivity contribution is 5.85. The molecule has 13 nitrogen and oxygen atoms in total. The Balaban J connectivity index is 0. The molecule has 0 aromatic rings. The number of ether oxygens (including phenoxy) is 2. The lowest BCUT2D eigenvalue weighted by Crippen LogP contribution is -2.67. The zero-order valence-electron chi connectivity index (χ0n) is 14.2. The van der Waals surface area contributed by atoms with Crippen LogP contribution in [0.2, 0.25) is 0 Å². The summed E-state index contributed by atoms with van der Waals surface area (Å²) in [7, 11) is 0. The SMILES string of the molecule is Cl.O.O.OC[C@H]1N[C@H](CO[C@@H]2O[C@H](CO)[C@@H](O)[C@H](O)[C@H]2O)[C@H](O)[C@@H](O)[C@@H]1O. The van der Waals surface area contributed by atoms with Gasteiger partial charge in [0.25, 0.3) is 0 Å². The molecule has 2 rings (SSSR count). The van der Waals surface area contributed by atoms with E-state index in [1.807, 2.05) is 0 Å². The molecule has 2 aliphatic heterocycles. The highest BCUT2D eigenvalue weighted by Gasteiger charge is 2.46. The van der Waals surface area contributed by atoms with Crippen LogP contribution in [0.5, 0.6) is 0 Å². The predicted molar refractivity (Wildman–Crippen MR) is 90.0 cm³/mol. The minimum atomic E-state index is -1.59. The van der Waals surface area contributed by atoms with E-state index in [0.717, 1.165) is 0 Å². The Labute approximate surface area is 160 Å². The third-order valence-electron chi connectivity index (χ3n) is 4.44. The van der Waals surface area contributed by atoms with Crippen LogP contribution < -0.4 is 5.32 Å². The number of rotatable bonds is 5. The fourth-order valence-electron chi connectivity index (χ4n) is 2.86. The average molecular weight is 428 g/mol. The maximum absolute atomic E-state index is 9.94. The second-order valence-electron chi connectivity index (χ2n) is 6.06. The quantitative estimate of drug-likeness (QED) is 0.199. The molecule has 0 aliphatic carbocycles. The van der Waals surface area contributed by atoms with Crippen molar-refractivity contribution < 1.29 is 61.3 Å². The van der Waals surface area contributed by atoms with Gasteiger partial charge in [-0.2, -0.15) is 0 Å². The molecule has 0 amide bonds. The summed E-state index contributed by atoms with van der Waals surface area (Å²) in [4.78, 5) is 0. The van der Waals surface area contributed by atoms with Crippen molar-refractivity contribution in [2.45, 2.75) is 61.1 Å². The maximum Gasteiger partial charge on any atom is 0.186 e. The van der Waals surface area contributed by atoms with Gasteiger partial charge in [0, 0.05) is 0 Å². The summed E-state index contributed by atoms with van der Waals surface area (Å²) in [5, 5.41) is 79.6. The molecular weight excluding hydrogens is 398 g/mol. The Morgan fingerprint density at radius 3 is 1.74 bits per heavy atom. The Bertz CT molecular complexity index is 369. The van der Waals surface area contributed by atoms with Gasteiger partial charge in [0.2, 0.25) is 0 Å². The third kappa shape index (κ3) is 6.12. The number of hydrogen-bond acceptors (Lipinski definition) is 11. The van der Waals surface area contributed by atoms with Crippen LogP contribution in [0.3, 0.4) is 0 Å². The summed E-state index contributed by atoms with van der Waals surface area (Å²) >= 11 is 0. The normalized spacial score (nSPS) is 44.4. The molecule has 2 aliphatic rings. The number of nitrogens with one attached hydrogen (secondary N) is 1. The van der Waals surface area contributed by atoms with E-state index in [-0.39, 0.29) is 30.0 Å². The van der Waals surface area contributed by atoms with E-state index in [1.165, 1.54) is 0 Å². The number of hydrogen-bond donors (Lipinski definition) is 9. The number of piperidine rings is 1. The molecule has 10 atom stereocenters. The van der Waals surface area contributed by atoms with Gasteiger partial charge in [0.05, 0.1) is 44.1 Å². The predicted octanol–water partition coefficient (Wildman–Crippen LogP) is -7.01. The minimum absolute atomic E-state index is 0. The van der Waals surface area contributed by atoms with E-state index >= 15 is 0 Å². The van der Waals surface area contributed by atoms with Crippen molar-refractivity contribution >= 4 is 12.4 Å². The van der Waals surface area contributed by atoms with E-state index < -0.39 is 74.3 Å². The van der Waals surface area contributed by atoms with Crippen molar-refractivity contribution in [3.63, 3.8) is 0 Å². The molecule has 0 aromatic carbocycles. The molecule has 14 heteroatoms. The minimum Gasteiger partial charge on any atom is -0.412 e. The first-order chi connectivity index (χ1) is 11.3. The largest absolute Gasteiger partial charge is 0.412 e. The molecule has 27 heavy (non-hydrogen) atoms. The molecule has 2 fully saturated rings. The van der Waals surface area contributed by atoms with Crippen LogP contribution in [-0.2, 0) is 9.47 Å². The second kappa shape index (κ2) is 12.4. The zero-order valence-corrected chi connectivity index (χ0v) is 15.0. The average Bonchev–Trinajstić information content (AvgIpc) is 2.58. The van der Waals surface area contributed by atoms with E-state index in [9.17, 15) is 30.6 Å². The molecule has 0 saturated carbocycles. The molecule has 0 unspecified atom stereocenters. The molecular formula is C13H30ClNO12. The summed E-state index contributed by atoms with van der Waals surface area (Å²) in [5.41, 5.74) is 0. The standard InChI is InChI=1S/C13H25NO10.ClH.2H2O/c15-1-4-7(17)10(20)8(18)5(14-4)3-23-13-12(22)11(21)9(19)6(2-16)24-13;;;/h4-22H,1-3H2;1H;2*1H2/t4-,5-,6-,7-,8+,9-,10+,11+,12-,13-;;;/m1.../s1. The highest BCUT2D eigenvalue weighted by Crippen LogP contribution is 2.23. The van der Waals surface area contributed by atoms with Crippen LogP contribution in [0.1, 0.15) is 0 Å². The van der Waals surface area contributed by atoms with Gasteiger partial charge in [0.15, 0.2) is 6.29 Å². The molecule has 0 bridgehead atoms. The van der Waals surface area contributed by atoms with Crippen LogP contribution >= 0.6 is 12.4 Å². The van der Waals surface area contributed by atoms with Gasteiger partial charge in [0.1, 0.15) is 30.5 Å². The Kier molecular flexibility index (Phi) is 13.3. The van der Waals surface area contributed by atoms with Gasteiger partial charge < -0.3 is 66.6 Å². The van der Waals surface area contributed by atoms with E-state index in [1.54, 1.807) is 0 Å². The van der Waals surface area contributed by atoms with Crippen LogP contribution in [-0.4, -0.2) is 133 Å². The Hall–Kier alpha value is -0.230. The number of aliphatic hydroxyl groups is 8. The summed E-state index contributed by atoms with van der Waals surface area (Å²) in [6.45, 7) is -1.39. The van der Waals surface area contributed by atoms with Crippen LogP contribution in [0.4, 0.5) is 0 Å². The summed E-state index contributed by atoms with van der Waals surface area (Å²) in [5.74, 6) is 0. The van der Waals surface area contributed by atoms with Crippen LogP contribution in [0.25, 0.3) is 0 Å². The van der Waals surface area contributed by atoms with Crippen molar-refractivity contribution in [2.24, 2.45) is 0 Å². The fraction of sp³-hybridized carbons (Fsp3) is 1.00. The monoisotopic (exact) mass is 427 g/mol. The number of aliphatic hydroxyl groups excluding tert-OH is 8. The van der Waals surface area contributed by atoms with Crippen LogP contribution in [0, 0.1) is 0 Å². The first-order valence-electron chi connectivity index (χ1n) is 7.65. The van der Waals surface area contributed by atoms with E-state index in [0.29, 0.717) is 0 Å². The van der Waals surface area contributed by atoms with Crippen molar-refractivity contribution in [3.8, 4) is 0 Å².